The van der Waals surface area contributed by atoms with Crippen molar-refractivity contribution in [2.24, 2.45) is 0 Å². The van der Waals surface area contributed by atoms with Gasteiger partial charge in [-0.3, -0.25) is 0 Å². The van der Waals surface area contributed by atoms with E-state index in [9.17, 15) is 4.39 Å². The third-order valence-corrected chi connectivity index (χ3v) is 3.18. The Hall–Kier alpha value is -0.950. The number of thioether (sulfide) groups is 1. The molecule has 0 fully saturated rings. The van der Waals surface area contributed by atoms with Crippen LogP contribution in [-0.2, 0) is 5.75 Å². The highest BCUT2D eigenvalue weighted by atomic mass is 32.2. The average molecular weight is 217 g/mol. The molecule has 0 aliphatic carbocycles. The Bertz CT molecular complexity index is 375. The van der Waals surface area contributed by atoms with Gasteiger partial charge in [0.1, 0.15) is 0 Å². The molecule has 2 rings (SSSR count). The van der Waals surface area contributed by atoms with Crippen LogP contribution in [0.2, 0.25) is 0 Å². The van der Waals surface area contributed by atoms with E-state index in [2.05, 4.69) is 19.6 Å². The topological polar surface area (TPSA) is 51.8 Å². The first-order valence-electron chi connectivity index (χ1n) is 3.33. The molecule has 0 aliphatic heterocycles. The van der Waals surface area contributed by atoms with Crippen LogP contribution in [0.1, 0.15) is 5.82 Å². The molecule has 2 aromatic rings. The molecule has 0 N–H and O–H groups in total. The van der Waals surface area contributed by atoms with E-state index >= 15 is 0 Å². The number of aromatic nitrogens is 3. The molecule has 68 valence electrons. The van der Waals surface area contributed by atoms with Crippen LogP contribution in [0.4, 0.5) is 4.39 Å². The molecule has 0 aromatic carbocycles. The van der Waals surface area contributed by atoms with Gasteiger partial charge in [-0.2, -0.15) is 9.37 Å². The zero-order valence-corrected chi connectivity index (χ0v) is 7.94. The maximum atomic E-state index is 12.4. The van der Waals surface area contributed by atoms with E-state index in [0.717, 1.165) is 0 Å². The standard InChI is InChI=1S/C6H4FN3OS2/c7-4-1-12-6(9-4)13-2-5-8-3-11-10-5/h1,3H,2H2. The van der Waals surface area contributed by atoms with Gasteiger partial charge in [-0.1, -0.05) is 16.9 Å². The highest BCUT2D eigenvalue weighted by Gasteiger charge is 2.04. The van der Waals surface area contributed by atoms with Crippen molar-refractivity contribution >= 4 is 23.1 Å². The minimum Gasteiger partial charge on any atom is -0.343 e. The summed E-state index contributed by atoms with van der Waals surface area (Å²) in [7, 11) is 0. The van der Waals surface area contributed by atoms with Crippen molar-refractivity contribution in [1.29, 1.82) is 0 Å². The van der Waals surface area contributed by atoms with Gasteiger partial charge in [-0.25, -0.2) is 4.98 Å². The Morgan fingerprint density at radius 3 is 3.15 bits per heavy atom. The summed E-state index contributed by atoms with van der Waals surface area (Å²) in [4.78, 5) is 7.46. The van der Waals surface area contributed by atoms with E-state index in [4.69, 9.17) is 0 Å². The van der Waals surface area contributed by atoms with Crippen molar-refractivity contribution in [2.75, 3.05) is 0 Å². The van der Waals surface area contributed by atoms with Crippen molar-refractivity contribution in [3.8, 4) is 0 Å². The van der Waals surface area contributed by atoms with E-state index in [0.29, 0.717) is 15.9 Å². The smallest absolute Gasteiger partial charge is 0.224 e. The number of hydrogen-bond donors (Lipinski definition) is 0. The summed E-state index contributed by atoms with van der Waals surface area (Å²) >= 11 is 2.64. The molecule has 0 amide bonds. The average Bonchev–Trinajstić information content (AvgIpc) is 2.71. The molecule has 4 nitrogen and oxygen atoms in total. The van der Waals surface area contributed by atoms with Crippen LogP contribution in [0.15, 0.2) is 20.6 Å². The molecule has 0 atom stereocenters. The molecule has 13 heavy (non-hydrogen) atoms. The Morgan fingerprint density at radius 2 is 2.54 bits per heavy atom. The van der Waals surface area contributed by atoms with Crippen molar-refractivity contribution in [3.05, 3.63) is 23.5 Å². The van der Waals surface area contributed by atoms with Gasteiger partial charge in [0.15, 0.2) is 10.2 Å². The fourth-order valence-corrected chi connectivity index (χ4v) is 2.20. The molecule has 0 unspecified atom stereocenters. The fraction of sp³-hybridized carbons (Fsp3) is 0.167. The number of hydrogen-bond acceptors (Lipinski definition) is 6. The van der Waals surface area contributed by atoms with Gasteiger partial charge in [0, 0.05) is 5.38 Å². The van der Waals surface area contributed by atoms with Gasteiger partial charge in [-0.15, -0.1) is 11.3 Å². The Morgan fingerprint density at radius 1 is 1.62 bits per heavy atom. The summed E-state index contributed by atoms with van der Waals surface area (Å²) in [6.45, 7) is 0. The molecule has 0 bridgehead atoms. The maximum Gasteiger partial charge on any atom is 0.224 e. The van der Waals surface area contributed by atoms with Crippen LogP contribution < -0.4 is 0 Å². The van der Waals surface area contributed by atoms with Crippen LogP contribution in [0, 0.1) is 5.95 Å². The summed E-state index contributed by atoms with van der Waals surface area (Å²) in [5.41, 5.74) is 0. The van der Waals surface area contributed by atoms with E-state index < -0.39 is 5.95 Å². The van der Waals surface area contributed by atoms with E-state index in [1.54, 1.807) is 0 Å². The predicted molar refractivity (Wildman–Crippen MR) is 45.9 cm³/mol. The van der Waals surface area contributed by atoms with E-state index in [1.165, 1.54) is 34.9 Å². The lowest BCUT2D eigenvalue weighted by molar-refractivity contribution is 0.412. The maximum absolute atomic E-state index is 12.4. The van der Waals surface area contributed by atoms with Crippen LogP contribution in [0.5, 0.6) is 0 Å². The first-order chi connectivity index (χ1) is 6.34. The van der Waals surface area contributed by atoms with Gasteiger partial charge in [0.2, 0.25) is 12.3 Å². The zero-order chi connectivity index (χ0) is 9.10. The van der Waals surface area contributed by atoms with E-state index in [1.807, 2.05) is 0 Å². The van der Waals surface area contributed by atoms with Crippen molar-refractivity contribution in [1.82, 2.24) is 15.1 Å². The Kier molecular flexibility index (Phi) is 2.55. The molecule has 2 heterocycles. The van der Waals surface area contributed by atoms with Crippen molar-refractivity contribution in [2.45, 2.75) is 10.1 Å². The summed E-state index contributed by atoms with van der Waals surface area (Å²) in [5, 5.41) is 4.97. The minimum atomic E-state index is -0.444. The highest BCUT2D eigenvalue weighted by Crippen LogP contribution is 2.24. The predicted octanol–water partition coefficient (Wildman–Crippen LogP) is 1.96. The Balaban J connectivity index is 1.93. The SMILES string of the molecule is Fc1csc(SCc2ncon2)n1. The zero-order valence-electron chi connectivity index (χ0n) is 6.31. The van der Waals surface area contributed by atoms with Crippen LogP contribution in [-0.4, -0.2) is 15.1 Å². The van der Waals surface area contributed by atoms with Crippen LogP contribution in [0.25, 0.3) is 0 Å². The first-order valence-corrected chi connectivity index (χ1v) is 5.20. The molecule has 0 saturated carbocycles. The summed E-state index contributed by atoms with van der Waals surface area (Å²) in [6, 6.07) is 0. The number of nitrogens with zero attached hydrogens (tertiary/aromatic N) is 3. The molecule has 0 radical (unpaired) electrons. The number of rotatable bonds is 3. The van der Waals surface area contributed by atoms with Crippen LogP contribution in [0.3, 0.4) is 0 Å². The number of thiazole rings is 1. The monoisotopic (exact) mass is 217 g/mol. The van der Waals surface area contributed by atoms with Gasteiger partial charge in [-0.05, 0) is 0 Å². The second kappa shape index (κ2) is 3.84. The third-order valence-electron chi connectivity index (χ3n) is 1.19. The lowest BCUT2D eigenvalue weighted by Gasteiger charge is -1.89. The number of halogens is 1. The lowest BCUT2D eigenvalue weighted by atomic mass is 10.7. The third kappa shape index (κ3) is 2.25. The minimum absolute atomic E-state index is 0.444. The molecule has 2 aromatic heterocycles. The van der Waals surface area contributed by atoms with Crippen LogP contribution >= 0.6 is 23.1 Å². The summed E-state index contributed by atoms with van der Waals surface area (Å²) in [5.74, 6) is 0.685. The Labute approximate surface area is 81.2 Å². The highest BCUT2D eigenvalue weighted by molar-refractivity contribution is 8.00. The first kappa shape index (κ1) is 8.64. The molecule has 0 aliphatic rings. The molecule has 7 heteroatoms. The quantitative estimate of drug-likeness (QED) is 0.735. The van der Waals surface area contributed by atoms with Gasteiger partial charge >= 0.3 is 0 Å². The summed E-state index contributed by atoms with van der Waals surface area (Å²) in [6.07, 6.45) is 1.26. The lowest BCUT2D eigenvalue weighted by Crippen LogP contribution is -1.82. The normalized spacial score (nSPS) is 10.5. The molecule has 0 saturated heterocycles. The molecular formula is C6H4FN3OS2. The summed E-state index contributed by atoms with van der Waals surface area (Å²) < 4.78 is 17.6. The van der Waals surface area contributed by atoms with Crippen molar-refractivity contribution < 1.29 is 8.91 Å². The molecule has 0 spiro atoms. The van der Waals surface area contributed by atoms with Gasteiger partial charge < -0.3 is 4.52 Å². The largest absolute Gasteiger partial charge is 0.343 e. The molecular weight excluding hydrogens is 213 g/mol. The second-order valence-electron chi connectivity index (χ2n) is 2.07. The van der Waals surface area contributed by atoms with Crippen molar-refractivity contribution in [3.63, 3.8) is 0 Å². The van der Waals surface area contributed by atoms with Gasteiger partial charge in [0.05, 0.1) is 5.75 Å². The van der Waals surface area contributed by atoms with E-state index in [-0.39, 0.29) is 0 Å². The van der Waals surface area contributed by atoms with Gasteiger partial charge in [0.25, 0.3) is 0 Å². The fourth-order valence-electron chi connectivity index (χ4n) is 0.688. The second-order valence-corrected chi connectivity index (χ2v) is 4.15.